The summed E-state index contributed by atoms with van der Waals surface area (Å²) >= 11 is 4.41. The van der Waals surface area contributed by atoms with E-state index >= 15 is 0 Å². The topological polar surface area (TPSA) is 12.0 Å². The van der Waals surface area contributed by atoms with E-state index in [9.17, 15) is 0 Å². The minimum Gasteiger partial charge on any atom is -0.312 e. The van der Waals surface area contributed by atoms with Crippen molar-refractivity contribution in [3.63, 3.8) is 0 Å². The van der Waals surface area contributed by atoms with Crippen LogP contribution in [0.4, 0.5) is 0 Å². The molecular formula is C9H11NS. The summed E-state index contributed by atoms with van der Waals surface area (Å²) in [4.78, 5) is 1.14. The van der Waals surface area contributed by atoms with Gasteiger partial charge in [-0.05, 0) is 30.2 Å². The first-order valence-corrected chi connectivity index (χ1v) is 4.33. The van der Waals surface area contributed by atoms with Crippen LogP contribution in [0.25, 0.3) is 0 Å². The minimum atomic E-state index is 1.00. The molecule has 1 aliphatic heterocycles. The van der Waals surface area contributed by atoms with E-state index in [-0.39, 0.29) is 0 Å². The summed E-state index contributed by atoms with van der Waals surface area (Å²) in [6, 6.07) is 6.29. The Morgan fingerprint density at radius 2 is 2.27 bits per heavy atom. The molecule has 1 nitrogen and oxygen atoms in total. The summed E-state index contributed by atoms with van der Waals surface area (Å²) in [5, 5.41) is 3.33. The van der Waals surface area contributed by atoms with Gasteiger partial charge in [-0.3, -0.25) is 0 Å². The molecule has 0 atom stereocenters. The van der Waals surface area contributed by atoms with Crippen LogP contribution in [0, 0.1) is 0 Å². The van der Waals surface area contributed by atoms with Crippen molar-refractivity contribution in [2.75, 3.05) is 6.54 Å². The summed E-state index contributed by atoms with van der Waals surface area (Å²) < 4.78 is 0. The van der Waals surface area contributed by atoms with Gasteiger partial charge >= 0.3 is 0 Å². The Morgan fingerprint density at radius 3 is 3.09 bits per heavy atom. The van der Waals surface area contributed by atoms with Crippen LogP contribution < -0.4 is 5.32 Å². The number of nitrogens with one attached hydrogen (secondary N) is 1. The van der Waals surface area contributed by atoms with Crippen molar-refractivity contribution in [3.8, 4) is 0 Å². The second-order valence-electron chi connectivity index (χ2n) is 2.84. The van der Waals surface area contributed by atoms with Crippen molar-refractivity contribution >= 4 is 12.6 Å². The lowest BCUT2D eigenvalue weighted by atomic mass is 10.0. The fourth-order valence-corrected chi connectivity index (χ4v) is 1.85. The van der Waals surface area contributed by atoms with Crippen LogP contribution in [-0.2, 0) is 13.0 Å². The largest absolute Gasteiger partial charge is 0.312 e. The molecule has 1 aromatic rings. The predicted molar refractivity (Wildman–Crippen MR) is 49.1 cm³/mol. The summed E-state index contributed by atoms with van der Waals surface area (Å²) in [5.41, 5.74) is 2.83. The first kappa shape index (κ1) is 7.19. The van der Waals surface area contributed by atoms with Gasteiger partial charge in [-0.25, -0.2) is 0 Å². The quantitative estimate of drug-likeness (QED) is 0.557. The van der Waals surface area contributed by atoms with Gasteiger partial charge in [0.1, 0.15) is 0 Å². The summed E-state index contributed by atoms with van der Waals surface area (Å²) in [6.07, 6.45) is 1.12. The summed E-state index contributed by atoms with van der Waals surface area (Å²) in [5.74, 6) is 0. The molecule has 1 aromatic carbocycles. The van der Waals surface area contributed by atoms with Gasteiger partial charge in [-0.15, -0.1) is 12.6 Å². The van der Waals surface area contributed by atoms with Gasteiger partial charge in [-0.1, -0.05) is 12.1 Å². The molecule has 0 saturated carbocycles. The van der Waals surface area contributed by atoms with Crippen LogP contribution in [0.15, 0.2) is 23.1 Å². The molecule has 0 aliphatic carbocycles. The highest BCUT2D eigenvalue weighted by atomic mass is 32.1. The smallest absolute Gasteiger partial charge is 0.0208 e. The normalized spacial score (nSPS) is 16.1. The molecular weight excluding hydrogens is 154 g/mol. The Labute approximate surface area is 72.2 Å². The van der Waals surface area contributed by atoms with Gasteiger partial charge < -0.3 is 5.32 Å². The number of hydrogen-bond acceptors (Lipinski definition) is 2. The highest BCUT2D eigenvalue weighted by Crippen LogP contribution is 2.20. The first-order chi connectivity index (χ1) is 5.38. The van der Waals surface area contributed by atoms with Crippen molar-refractivity contribution in [1.82, 2.24) is 5.32 Å². The molecule has 0 spiro atoms. The standard InChI is InChI=1S/C9H11NS/c11-9-3-1-2-7-6-10-5-4-8(7)9/h1-3,10-11H,4-6H2. The Bertz CT molecular complexity index is 270. The Kier molecular flexibility index (Phi) is 1.88. The third-order valence-electron chi connectivity index (χ3n) is 2.12. The molecule has 0 saturated heterocycles. The highest BCUT2D eigenvalue weighted by Gasteiger charge is 2.09. The molecule has 2 heteroatoms. The monoisotopic (exact) mass is 165 g/mol. The van der Waals surface area contributed by atoms with E-state index in [1.807, 2.05) is 0 Å². The lowest BCUT2D eigenvalue weighted by Gasteiger charge is -2.17. The molecule has 1 N–H and O–H groups in total. The van der Waals surface area contributed by atoms with E-state index in [2.05, 4.69) is 36.1 Å². The Hall–Kier alpha value is -0.470. The zero-order valence-corrected chi connectivity index (χ0v) is 7.20. The van der Waals surface area contributed by atoms with Crippen LogP contribution in [-0.4, -0.2) is 6.54 Å². The third kappa shape index (κ3) is 1.28. The highest BCUT2D eigenvalue weighted by molar-refractivity contribution is 7.80. The van der Waals surface area contributed by atoms with Gasteiger partial charge in [0.2, 0.25) is 0 Å². The number of hydrogen-bond donors (Lipinski definition) is 2. The van der Waals surface area contributed by atoms with E-state index in [0.29, 0.717) is 0 Å². The van der Waals surface area contributed by atoms with E-state index in [1.165, 1.54) is 11.1 Å². The van der Waals surface area contributed by atoms with Gasteiger partial charge in [0.15, 0.2) is 0 Å². The van der Waals surface area contributed by atoms with Crippen molar-refractivity contribution in [2.45, 2.75) is 17.9 Å². The van der Waals surface area contributed by atoms with E-state index < -0.39 is 0 Å². The molecule has 0 bridgehead atoms. The second-order valence-corrected chi connectivity index (χ2v) is 3.32. The predicted octanol–water partition coefficient (Wildman–Crippen LogP) is 1.62. The molecule has 0 radical (unpaired) electrons. The first-order valence-electron chi connectivity index (χ1n) is 3.88. The molecule has 0 amide bonds. The van der Waals surface area contributed by atoms with Crippen molar-refractivity contribution < 1.29 is 0 Å². The fourth-order valence-electron chi connectivity index (χ4n) is 1.51. The number of fused-ring (bicyclic) bond motifs is 1. The number of thiol groups is 1. The molecule has 11 heavy (non-hydrogen) atoms. The summed E-state index contributed by atoms with van der Waals surface area (Å²) in [6.45, 7) is 2.09. The van der Waals surface area contributed by atoms with Crippen LogP contribution in [0.1, 0.15) is 11.1 Å². The van der Waals surface area contributed by atoms with Crippen LogP contribution in [0.5, 0.6) is 0 Å². The number of benzene rings is 1. The maximum Gasteiger partial charge on any atom is 0.0208 e. The second kappa shape index (κ2) is 2.88. The third-order valence-corrected chi connectivity index (χ3v) is 2.53. The zero-order valence-electron chi connectivity index (χ0n) is 6.30. The molecule has 58 valence electrons. The van der Waals surface area contributed by atoms with Gasteiger partial charge in [0.05, 0.1) is 0 Å². The van der Waals surface area contributed by atoms with Crippen molar-refractivity contribution in [3.05, 3.63) is 29.3 Å². The molecule has 0 fully saturated rings. The van der Waals surface area contributed by atoms with E-state index in [4.69, 9.17) is 0 Å². The maximum absolute atomic E-state index is 4.41. The van der Waals surface area contributed by atoms with Gasteiger partial charge in [0, 0.05) is 11.4 Å². The van der Waals surface area contributed by atoms with Gasteiger partial charge in [-0.2, -0.15) is 0 Å². The molecule has 1 aliphatic rings. The lowest BCUT2D eigenvalue weighted by molar-refractivity contribution is 0.636. The fraction of sp³-hybridized carbons (Fsp3) is 0.333. The van der Waals surface area contributed by atoms with E-state index in [1.54, 1.807) is 0 Å². The van der Waals surface area contributed by atoms with Crippen LogP contribution in [0.2, 0.25) is 0 Å². The Morgan fingerprint density at radius 1 is 1.36 bits per heavy atom. The van der Waals surface area contributed by atoms with Crippen LogP contribution >= 0.6 is 12.6 Å². The summed E-state index contributed by atoms with van der Waals surface area (Å²) in [7, 11) is 0. The lowest BCUT2D eigenvalue weighted by Crippen LogP contribution is -2.23. The molecule has 1 heterocycles. The number of rotatable bonds is 0. The van der Waals surface area contributed by atoms with Gasteiger partial charge in [0.25, 0.3) is 0 Å². The maximum atomic E-state index is 4.41. The zero-order chi connectivity index (χ0) is 7.68. The van der Waals surface area contributed by atoms with Crippen molar-refractivity contribution in [2.24, 2.45) is 0 Å². The molecule has 0 unspecified atom stereocenters. The average molecular weight is 165 g/mol. The van der Waals surface area contributed by atoms with E-state index in [0.717, 1.165) is 24.4 Å². The molecule has 0 aromatic heterocycles. The van der Waals surface area contributed by atoms with Crippen LogP contribution in [0.3, 0.4) is 0 Å². The average Bonchev–Trinajstić information content (AvgIpc) is 2.06. The molecule has 2 rings (SSSR count). The SMILES string of the molecule is Sc1cccc2c1CCNC2. The minimum absolute atomic E-state index is 1.00. The Balaban J connectivity index is 2.49. The van der Waals surface area contributed by atoms with Crippen molar-refractivity contribution in [1.29, 1.82) is 0 Å².